The van der Waals surface area contributed by atoms with Gasteiger partial charge >= 0.3 is 5.97 Å². The first-order valence-corrected chi connectivity index (χ1v) is 8.55. The topological polar surface area (TPSA) is 94.9 Å². The van der Waals surface area contributed by atoms with Gasteiger partial charge in [-0.05, 0) is 17.0 Å². The van der Waals surface area contributed by atoms with Crippen molar-refractivity contribution in [2.45, 2.75) is 11.8 Å². The van der Waals surface area contributed by atoms with E-state index >= 15 is 0 Å². The Bertz CT molecular complexity index is 667. The summed E-state index contributed by atoms with van der Waals surface area (Å²) >= 11 is 2.72. The Morgan fingerprint density at radius 2 is 2.18 bits per heavy atom. The molecule has 0 aliphatic carbocycles. The Morgan fingerprint density at radius 1 is 1.41 bits per heavy atom. The first-order chi connectivity index (χ1) is 10.5. The molecule has 1 fully saturated rings. The highest BCUT2D eigenvalue weighted by Crippen LogP contribution is 2.45. The van der Waals surface area contributed by atoms with Crippen molar-refractivity contribution in [3.05, 3.63) is 33.7 Å². The number of ketones is 1. The van der Waals surface area contributed by atoms with Crippen LogP contribution >= 0.6 is 23.1 Å². The number of thiophene rings is 1. The summed E-state index contributed by atoms with van der Waals surface area (Å²) in [5.74, 6) is -1.80. The van der Waals surface area contributed by atoms with Crippen LogP contribution in [0.3, 0.4) is 0 Å². The minimum absolute atomic E-state index is 0.0921. The van der Waals surface area contributed by atoms with Crippen molar-refractivity contribution in [2.24, 2.45) is 5.92 Å². The molecule has 22 heavy (non-hydrogen) atoms. The highest BCUT2D eigenvalue weighted by atomic mass is 32.2. The van der Waals surface area contributed by atoms with E-state index in [1.165, 1.54) is 28.0 Å². The van der Waals surface area contributed by atoms with Crippen LogP contribution in [-0.4, -0.2) is 50.5 Å². The fourth-order valence-corrected chi connectivity index (χ4v) is 4.76. The number of carboxylic acid groups (broad SMARTS) is 1. The number of amides is 1. The van der Waals surface area contributed by atoms with E-state index in [0.717, 1.165) is 0 Å². The number of β-lactam (4-membered cyclic amide) rings is 1. The van der Waals surface area contributed by atoms with Crippen molar-refractivity contribution in [2.75, 3.05) is 12.4 Å². The smallest absolute Gasteiger partial charge is 0.352 e. The van der Waals surface area contributed by atoms with Crippen LogP contribution in [0.1, 0.15) is 16.1 Å². The summed E-state index contributed by atoms with van der Waals surface area (Å²) in [7, 11) is 0. The molecular formula is C14H13NO5S2. The van der Waals surface area contributed by atoms with Crippen LogP contribution in [0.15, 0.2) is 28.8 Å². The van der Waals surface area contributed by atoms with Crippen LogP contribution in [0.25, 0.3) is 0 Å². The second kappa shape index (κ2) is 5.86. The molecule has 1 aromatic heterocycles. The van der Waals surface area contributed by atoms with E-state index in [0.29, 0.717) is 16.2 Å². The van der Waals surface area contributed by atoms with Crippen molar-refractivity contribution < 1.29 is 24.6 Å². The minimum atomic E-state index is -1.22. The number of carbonyl (C=O) groups is 3. The number of thioether (sulfide) groups is 1. The third-order valence-electron chi connectivity index (χ3n) is 3.75. The van der Waals surface area contributed by atoms with Crippen LogP contribution in [0.2, 0.25) is 0 Å². The lowest BCUT2D eigenvalue weighted by molar-refractivity contribution is -0.152. The summed E-state index contributed by atoms with van der Waals surface area (Å²) in [6.45, 7) is -0.385. The summed E-state index contributed by atoms with van der Waals surface area (Å²) in [5, 5.41) is 20.0. The third-order valence-corrected chi connectivity index (χ3v) is 6.06. The van der Waals surface area contributed by atoms with Crippen LogP contribution in [0.5, 0.6) is 0 Å². The van der Waals surface area contributed by atoms with Crippen molar-refractivity contribution >= 4 is 40.8 Å². The SMILES string of the molecule is O=C(O)C1=C(CO)CSC2C(CC(=O)c3cccs3)C(=O)N12. The zero-order chi connectivity index (χ0) is 15.9. The highest BCUT2D eigenvalue weighted by molar-refractivity contribution is 8.00. The van der Waals surface area contributed by atoms with Crippen molar-refractivity contribution in [3.8, 4) is 0 Å². The van der Waals surface area contributed by atoms with E-state index in [2.05, 4.69) is 0 Å². The van der Waals surface area contributed by atoms with Gasteiger partial charge in [0.2, 0.25) is 5.91 Å². The number of nitrogens with zero attached hydrogens (tertiary/aromatic N) is 1. The normalized spacial score (nSPS) is 24.0. The van der Waals surface area contributed by atoms with Crippen LogP contribution in [-0.2, 0) is 9.59 Å². The Balaban J connectivity index is 1.78. The summed E-state index contributed by atoms with van der Waals surface area (Å²) in [6, 6.07) is 3.50. The summed E-state index contributed by atoms with van der Waals surface area (Å²) in [4.78, 5) is 37.5. The Labute approximate surface area is 134 Å². The molecule has 0 bridgehead atoms. The van der Waals surface area contributed by atoms with Gasteiger partial charge in [0.15, 0.2) is 5.78 Å². The van der Waals surface area contributed by atoms with Gasteiger partial charge in [-0.1, -0.05) is 6.07 Å². The number of aliphatic carboxylic acids is 1. The second-order valence-corrected chi connectivity index (χ2v) is 7.09. The summed E-state index contributed by atoms with van der Waals surface area (Å²) in [5.41, 5.74) is 0.209. The molecule has 0 spiro atoms. The van der Waals surface area contributed by atoms with Crippen LogP contribution in [0, 0.1) is 5.92 Å². The molecule has 2 aliphatic heterocycles. The molecule has 1 aromatic rings. The molecule has 3 rings (SSSR count). The molecule has 0 radical (unpaired) electrons. The van der Waals surface area contributed by atoms with Gasteiger partial charge in [-0.15, -0.1) is 23.1 Å². The predicted octanol–water partition coefficient (Wildman–Crippen LogP) is 1.18. The molecule has 6 nitrogen and oxygen atoms in total. The highest BCUT2D eigenvalue weighted by Gasteiger charge is 2.53. The zero-order valence-electron chi connectivity index (χ0n) is 11.4. The number of carbonyl (C=O) groups excluding carboxylic acids is 2. The number of rotatable bonds is 5. The van der Waals surface area contributed by atoms with Crippen LogP contribution in [0.4, 0.5) is 0 Å². The van der Waals surface area contributed by atoms with Gasteiger partial charge in [0.1, 0.15) is 5.70 Å². The predicted molar refractivity (Wildman–Crippen MR) is 81.6 cm³/mol. The lowest BCUT2D eigenvalue weighted by atomic mass is 9.90. The first-order valence-electron chi connectivity index (χ1n) is 6.62. The lowest BCUT2D eigenvalue weighted by Crippen LogP contribution is -2.61. The molecule has 2 unspecified atom stereocenters. The van der Waals surface area contributed by atoms with Crippen molar-refractivity contribution in [3.63, 3.8) is 0 Å². The standard InChI is InChI=1S/C14H13NO5S2/c16-5-7-6-22-13-8(4-9(17)10-2-1-3-21-10)12(18)15(13)11(7)14(19)20/h1-3,8,13,16H,4-6H2,(H,19,20). The van der Waals surface area contributed by atoms with Gasteiger partial charge in [0.25, 0.3) is 0 Å². The Morgan fingerprint density at radius 3 is 2.77 bits per heavy atom. The Kier molecular flexibility index (Phi) is 4.07. The van der Waals surface area contributed by atoms with Crippen LogP contribution < -0.4 is 0 Å². The molecule has 2 atom stereocenters. The molecule has 3 heterocycles. The third kappa shape index (κ3) is 2.37. The summed E-state index contributed by atoms with van der Waals surface area (Å²) < 4.78 is 0. The average Bonchev–Trinajstić information content (AvgIpc) is 3.04. The molecule has 0 aromatic carbocycles. The van der Waals surface area contributed by atoms with Crippen molar-refractivity contribution in [1.29, 1.82) is 0 Å². The molecule has 116 valence electrons. The van der Waals surface area contributed by atoms with E-state index in [-0.39, 0.29) is 35.8 Å². The van der Waals surface area contributed by atoms with Gasteiger partial charge in [0.05, 0.1) is 22.8 Å². The van der Waals surface area contributed by atoms with Gasteiger partial charge in [-0.25, -0.2) is 4.79 Å². The molecule has 1 amide bonds. The number of fused-ring (bicyclic) bond motifs is 1. The number of hydrogen-bond acceptors (Lipinski definition) is 6. The van der Waals surface area contributed by atoms with Crippen molar-refractivity contribution in [1.82, 2.24) is 4.90 Å². The monoisotopic (exact) mass is 339 g/mol. The van der Waals surface area contributed by atoms with E-state index in [4.69, 9.17) is 0 Å². The zero-order valence-corrected chi connectivity index (χ0v) is 13.0. The number of aliphatic hydroxyl groups is 1. The molecule has 2 aliphatic rings. The fourth-order valence-electron chi connectivity index (χ4n) is 2.68. The van der Waals surface area contributed by atoms with Gasteiger partial charge in [-0.3, -0.25) is 14.5 Å². The van der Waals surface area contributed by atoms with E-state index < -0.39 is 11.9 Å². The van der Waals surface area contributed by atoms with E-state index in [1.54, 1.807) is 17.5 Å². The summed E-state index contributed by atoms with van der Waals surface area (Å²) in [6.07, 6.45) is 0.0921. The lowest BCUT2D eigenvalue weighted by Gasteiger charge is -2.49. The molecular weight excluding hydrogens is 326 g/mol. The number of aliphatic hydroxyl groups excluding tert-OH is 1. The number of Topliss-reactive ketones (excluding diaryl/α,β-unsaturated/α-hetero) is 1. The molecule has 8 heteroatoms. The van der Waals surface area contributed by atoms with E-state index in [1.807, 2.05) is 0 Å². The first kappa shape index (κ1) is 15.3. The Hall–Kier alpha value is -1.64. The largest absolute Gasteiger partial charge is 0.477 e. The number of carboxylic acids is 1. The molecule has 0 saturated carbocycles. The maximum absolute atomic E-state index is 12.3. The molecule has 1 saturated heterocycles. The maximum atomic E-state index is 12.3. The molecule has 2 N–H and O–H groups in total. The van der Waals surface area contributed by atoms with Gasteiger partial charge in [-0.2, -0.15) is 0 Å². The second-order valence-electron chi connectivity index (χ2n) is 5.04. The van der Waals surface area contributed by atoms with Gasteiger partial charge in [0, 0.05) is 12.2 Å². The number of hydrogen-bond donors (Lipinski definition) is 2. The average molecular weight is 339 g/mol. The fraction of sp³-hybridized carbons (Fsp3) is 0.357. The quantitative estimate of drug-likeness (QED) is 0.618. The van der Waals surface area contributed by atoms with E-state index in [9.17, 15) is 24.6 Å². The van der Waals surface area contributed by atoms with Gasteiger partial charge < -0.3 is 10.2 Å². The minimum Gasteiger partial charge on any atom is -0.477 e. The maximum Gasteiger partial charge on any atom is 0.352 e.